The number of carbonyl (C=O) groups excluding carboxylic acids is 2. The zero-order valence-electron chi connectivity index (χ0n) is 24.6. The second-order valence-electron chi connectivity index (χ2n) is 12.4. The Morgan fingerprint density at radius 2 is 1.81 bits per heavy atom. The van der Waals surface area contributed by atoms with E-state index in [0.717, 1.165) is 43.8 Å². The molecule has 2 aliphatic rings. The summed E-state index contributed by atoms with van der Waals surface area (Å²) >= 11 is 0. The summed E-state index contributed by atoms with van der Waals surface area (Å²) in [6, 6.07) is 3.40. The van der Waals surface area contributed by atoms with Crippen LogP contribution < -0.4 is 0 Å². The lowest BCUT2D eigenvalue weighted by Gasteiger charge is -2.55. The van der Waals surface area contributed by atoms with E-state index >= 15 is 0 Å². The van der Waals surface area contributed by atoms with Crippen molar-refractivity contribution in [2.24, 2.45) is 22.7 Å². The number of hydrogen-bond acceptors (Lipinski definition) is 4. The molecule has 0 aliphatic heterocycles. The Bertz CT molecular complexity index is 869. The van der Waals surface area contributed by atoms with E-state index < -0.39 is 25.1 Å². The zero-order valence-corrected chi connectivity index (χ0v) is 25.6. The molecule has 0 aromatic heterocycles. The minimum Gasteiger partial charge on any atom is -0.500 e. The molecule has 2 bridgehead atoms. The van der Waals surface area contributed by atoms with Crippen LogP contribution in [0.25, 0.3) is 0 Å². The van der Waals surface area contributed by atoms with Crippen molar-refractivity contribution >= 4 is 19.9 Å². The van der Waals surface area contributed by atoms with Gasteiger partial charge in [0, 0.05) is 6.08 Å². The molecule has 0 N–H and O–H groups in total. The molecule has 0 saturated heterocycles. The number of fused-ring (bicyclic) bond motifs is 2. The molecule has 1 saturated carbocycles. The summed E-state index contributed by atoms with van der Waals surface area (Å²) in [7, 11) is -0.134. The molecule has 0 aromatic carbocycles. The summed E-state index contributed by atoms with van der Waals surface area (Å²) in [4.78, 5) is 27.6. The molecule has 204 valence electrons. The third kappa shape index (κ3) is 5.98. The predicted molar refractivity (Wildman–Crippen MR) is 152 cm³/mol. The fourth-order valence-electron chi connectivity index (χ4n) is 6.91. The molecular formula is C31H52O4Si. The van der Waals surface area contributed by atoms with E-state index in [2.05, 4.69) is 54.2 Å². The first-order valence-electron chi connectivity index (χ1n) is 14.1. The minimum absolute atomic E-state index is 0.0528. The normalized spacial score (nSPS) is 28.5. The van der Waals surface area contributed by atoms with Crippen molar-refractivity contribution in [3.63, 3.8) is 0 Å². The molecule has 0 amide bonds. The molecule has 0 unspecified atom stereocenters. The van der Waals surface area contributed by atoms with Gasteiger partial charge in [-0.1, -0.05) is 51.8 Å². The van der Waals surface area contributed by atoms with Gasteiger partial charge in [0.25, 0.3) is 0 Å². The van der Waals surface area contributed by atoms with Crippen LogP contribution in [0, 0.1) is 22.7 Å². The third-order valence-corrected chi connectivity index (χ3v) is 14.3. The van der Waals surface area contributed by atoms with Gasteiger partial charge in [0.15, 0.2) is 19.9 Å². The van der Waals surface area contributed by atoms with E-state index in [0.29, 0.717) is 18.6 Å². The molecular weight excluding hydrogens is 464 g/mol. The van der Waals surface area contributed by atoms with Crippen LogP contribution in [-0.4, -0.2) is 32.6 Å². The quantitative estimate of drug-likeness (QED) is 0.133. The lowest BCUT2D eigenvalue weighted by atomic mass is 9.47. The molecule has 36 heavy (non-hydrogen) atoms. The van der Waals surface area contributed by atoms with Crippen molar-refractivity contribution in [2.45, 2.75) is 118 Å². The Balaban J connectivity index is 2.37. The van der Waals surface area contributed by atoms with E-state index in [1.54, 1.807) is 13.2 Å². The number of ether oxygens (including phenoxy) is 1. The molecule has 0 heterocycles. The largest absolute Gasteiger partial charge is 0.500 e. The van der Waals surface area contributed by atoms with Crippen LogP contribution in [0.5, 0.6) is 0 Å². The van der Waals surface area contributed by atoms with Crippen LogP contribution >= 0.6 is 0 Å². The molecule has 1 fully saturated rings. The van der Waals surface area contributed by atoms with Gasteiger partial charge in [0.1, 0.15) is 5.76 Å². The first kappa shape index (κ1) is 30.8. The smallest absolute Gasteiger partial charge is 0.192 e. The average molecular weight is 517 g/mol. The molecule has 0 radical (unpaired) electrons. The Labute approximate surface area is 222 Å². The monoisotopic (exact) mass is 516 g/mol. The standard InChI is InChI=1S/C31H52O4Si/c1-11-16-24-22-31(20-17-23(5)6)26(34-10)21-25(32)27(28(31)33)30(24,9)19-15-18-29(7,8)35-36(12-2,13-3)14-4/h11,17,21,24,27H,1,12-16,18-20,22H2,2-10H3/t24-,27-,30+,31+/m0/s1. The van der Waals surface area contributed by atoms with Gasteiger partial charge in [0.05, 0.1) is 24.0 Å². The van der Waals surface area contributed by atoms with Crippen molar-refractivity contribution < 1.29 is 18.8 Å². The third-order valence-electron chi connectivity index (χ3n) is 9.40. The van der Waals surface area contributed by atoms with Gasteiger partial charge >= 0.3 is 0 Å². The number of Topliss-reactive ketones (excluding diaryl/α,β-unsaturated/α-hetero) is 1. The minimum atomic E-state index is -1.72. The molecule has 0 aromatic rings. The van der Waals surface area contributed by atoms with E-state index in [1.165, 1.54) is 5.57 Å². The SMILES string of the molecule is C=CC[C@H]1C[C@@]2(CC=C(C)C)C(=O)[C@H](C(=O)C=C2OC)[C@]1(C)CCCC(C)(C)O[Si](CC)(CC)CC. The highest BCUT2D eigenvalue weighted by Gasteiger charge is 2.63. The van der Waals surface area contributed by atoms with E-state index in [1.807, 2.05) is 19.9 Å². The Morgan fingerprint density at radius 3 is 2.31 bits per heavy atom. The van der Waals surface area contributed by atoms with Crippen molar-refractivity contribution in [1.82, 2.24) is 0 Å². The fraction of sp³-hybridized carbons (Fsp3) is 0.742. The summed E-state index contributed by atoms with van der Waals surface area (Å²) in [6.07, 6.45) is 10.5. The topological polar surface area (TPSA) is 52.6 Å². The number of allylic oxidation sites excluding steroid dienone is 5. The molecule has 5 heteroatoms. The van der Waals surface area contributed by atoms with Crippen molar-refractivity contribution in [3.8, 4) is 0 Å². The lowest BCUT2D eigenvalue weighted by molar-refractivity contribution is -0.157. The maximum Gasteiger partial charge on any atom is 0.192 e. The van der Waals surface area contributed by atoms with Crippen molar-refractivity contribution in [1.29, 1.82) is 0 Å². The molecule has 0 spiro atoms. The summed E-state index contributed by atoms with van der Waals surface area (Å²) in [5.41, 5.74) is -0.196. The summed E-state index contributed by atoms with van der Waals surface area (Å²) < 4.78 is 12.6. The highest BCUT2D eigenvalue weighted by Crippen LogP contribution is 2.60. The highest BCUT2D eigenvalue weighted by atomic mass is 28.4. The van der Waals surface area contributed by atoms with E-state index in [4.69, 9.17) is 9.16 Å². The number of methoxy groups -OCH3 is 1. The van der Waals surface area contributed by atoms with Gasteiger partial charge in [-0.05, 0) is 89.3 Å². The Hall–Kier alpha value is -1.46. The van der Waals surface area contributed by atoms with Gasteiger partial charge in [-0.3, -0.25) is 9.59 Å². The summed E-state index contributed by atoms with van der Waals surface area (Å²) in [6.45, 7) is 21.5. The van der Waals surface area contributed by atoms with Crippen LogP contribution in [0.3, 0.4) is 0 Å². The highest BCUT2D eigenvalue weighted by molar-refractivity contribution is 6.73. The maximum atomic E-state index is 14.1. The first-order valence-corrected chi connectivity index (χ1v) is 16.6. The van der Waals surface area contributed by atoms with Crippen molar-refractivity contribution in [2.75, 3.05) is 7.11 Å². The Kier molecular flexibility index (Phi) is 10.2. The summed E-state index contributed by atoms with van der Waals surface area (Å²) in [5.74, 6) is 0.0605. The molecule has 2 rings (SSSR count). The van der Waals surface area contributed by atoms with Gasteiger partial charge < -0.3 is 9.16 Å². The molecule has 4 nitrogen and oxygen atoms in total. The second-order valence-corrected chi connectivity index (χ2v) is 17.1. The zero-order chi connectivity index (χ0) is 27.4. The van der Waals surface area contributed by atoms with Gasteiger partial charge in [-0.2, -0.15) is 0 Å². The number of hydrogen-bond donors (Lipinski definition) is 0. The fourth-order valence-corrected chi connectivity index (χ4v) is 10.1. The maximum absolute atomic E-state index is 14.1. The number of rotatable bonds is 14. The summed E-state index contributed by atoms with van der Waals surface area (Å²) in [5, 5.41) is 0. The van der Waals surface area contributed by atoms with Crippen LogP contribution in [0.1, 0.15) is 93.9 Å². The number of carbonyl (C=O) groups is 2. The van der Waals surface area contributed by atoms with E-state index in [-0.39, 0.29) is 23.1 Å². The second kappa shape index (κ2) is 11.9. The van der Waals surface area contributed by atoms with Crippen LogP contribution in [0.15, 0.2) is 36.1 Å². The van der Waals surface area contributed by atoms with Crippen LogP contribution in [0.4, 0.5) is 0 Å². The Morgan fingerprint density at radius 1 is 1.19 bits per heavy atom. The predicted octanol–water partition coefficient (Wildman–Crippen LogP) is 8.20. The lowest BCUT2D eigenvalue weighted by Crippen LogP contribution is -2.59. The first-order chi connectivity index (χ1) is 16.8. The van der Waals surface area contributed by atoms with Gasteiger partial charge in [0.2, 0.25) is 0 Å². The van der Waals surface area contributed by atoms with E-state index in [9.17, 15) is 9.59 Å². The van der Waals surface area contributed by atoms with Crippen LogP contribution in [-0.2, 0) is 18.8 Å². The average Bonchev–Trinajstić information content (AvgIpc) is 2.81. The number of ketones is 2. The van der Waals surface area contributed by atoms with Crippen molar-refractivity contribution in [3.05, 3.63) is 36.1 Å². The van der Waals surface area contributed by atoms with Gasteiger partial charge in [-0.15, -0.1) is 6.58 Å². The van der Waals surface area contributed by atoms with Gasteiger partial charge in [-0.25, -0.2) is 0 Å². The molecule has 2 aliphatic carbocycles. The van der Waals surface area contributed by atoms with Crippen LogP contribution in [0.2, 0.25) is 18.1 Å². The molecule has 4 atom stereocenters.